The number of rotatable bonds is 4. The van der Waals surface area contributed by atoms with Crippen LogP contribution in [-0.4, -0.2) is 48.9 Å². The van der Waals surface area contributed by atoms with Crippen molar-refractivity contribution in [2.45, 2.75) is 25.4 Å². The van der Waals surface area contributed by atoms with Gasteiger partial charge in [-0.2, -0.15) is 4.31 Å². The highest BCUT2D eigenvalue weighted by Gasteiger charge is 2.34. The van der Waals surface area contributed by atoms with Crippen molar-refractivity contribution in [3.63, 3.8) is 0 Å². The molecule has 0 aromatic carbocycles. The standard InChI is InChI=1S/C14H19N3O4S2/c1-14(2,11-5-4-8-22-11)13-16-15-12(21-13)10-9-17(6-7-20-10)23(3,18)19/h4-5,8,10H,6-7,9H2,1-3H3. The second-order valence-corrected chi connectivity index (χ2v) is 8.96. The van der Waals surface area contributed by atoms with Gasteiger partial charge in [0, 0.05) is 18.0 Å². The maximum Gasteiger partial charge on any atom is 0.246 e. The lowest BCUT2D eigenvalue weighted by molar-refractivity contribution is -0.0179. The first-order chi connectivity index (χ1) is 10.8. The Balaban J connectivity index is 1.82. The normalized spacial score (nSPS) is 20.7. The summed E-state index contributed by atoms with van der Waals surface area (Å²) in [6, 6.07) is 4.00. The van der Waals surface area contributed by atoms with E-state index in [2.05, 4.69) is 10.2 Å². The molecule has 1 saturated heterocycles. The zero-order chi connectivity index (χ0) is 16.7. The summed E-state index contributed by atoms with van der Waals surface area (Å²) in [4.78, 5) is 1.12. The maximum atomic E-state index is 11.7. The number of thiophene rings is 1. The first kappa shape index (κ1) is 16.6. The van der Waals surface area contributed by atoms with Crippen LogP contribution in [0.5, 0.6) is 0 Å². The van der Waals surface area contributed by atoms with Crippen LogP contribution in [0.25, 0.3) is 0 Å². The van der Waals surface area contributed by atoms with Gasteiger partial charge in [-0.05, 0) is 25.3 Å². The number of hydrogen-bond donors (Lipinski definition) is 0. The van der Waals surface area contributed by atoms with Gasteiger partial charge in [0.05, 0.1) is 18.3 Å². The Kier molecular flexibility index (Phi) is 4.30. The molecule has 0 N–H and O–H groups in total. The van der Waals surface area contributed by atoms with Gasteiger partial charge in [-0.15, -0.1) is 21.5 Å². The second kappa shape index (κ2) is 5.97. The molecule has 0 aliphatic carbocycles. The van der Waals surface area contributed by atoms with Crippen molar-refractivity contribution in [2.75, 3.05) is 26.0 Å². The molecule has 1 aliphatic heterocycles. The van der Waals surface area contributed by atoms with Crippen LogP contribution in [0.3, 0.4) is 0 Å². The van der Waals surface area contributed by atoms with Crippen LogP contribution < -0.4 is 0 Å². The molecule has 0 spiro atoms. The van der Waals surface area contributed by atoms with Gasteiger partial charge in [0.1, 0.15) is 6.10 Å². The molecule has 7 nitrogen and oxygen atoms in total. The van der Waals surface area contributed by atoms with Gasteiger partial charge in [-0.25, -0.2) is 8.42 Å². The molecule has 0 saturated carbocycles. The van der Waals surface area contributed by atoms with Gasteiger partial charge in [0.25, 0.3) is 0 Å². The van der Waals surface area contributed by atoms with E-state index in [9.17, 15) is 8.42 Å². The Hall–Kier alpha value is -1.29. The van der Waals surface area contributed by atoms with Crippen molar-refractivity contribution in [3.05, 3.63) is 34.2 Å². The third kappa shape index (κ3) is 3.32. The molecule has 2 aromatic heterocycles. The third-order valence-corrected chi connectivity index (χ3v) is 6.35. The minimum absolute atomic E-state index is 0.194. The van der Waals surface area contributed by atoms with E-state index in [1.165, 1.54) is 10.6 Å². The van der Waals surface area contributed by atoms with Crippen LogP contribution in [0, 0.1) is 0 Å². The largest absolute Gasteiger partial charge is 0.421 e. The molecular weight excluding hydrogens is 338 g/mol. The first-order valence-corrected chi connectivity index (χ1v) is 9.96. The lowest BCUT2D eigenvalue weighted by Crippen LogP contribution is -2.41. The van der Waals surface area contributed by atoms with Crippen molar-refractivity contribution in [1.29, 1.82) is 0 Å². The minimum Gasteiger partial charge on any atom is -0.421 e. The summed E-state index contributed by atoms with van der Waals surface area (Å²) >= 11 is 1.63. The molecule has 1 aliphatic rings. The van der Waals surface area contributed by atoms with E-state index < -0.39 is 21.5 Å². The highest BCUT2D eigenvalue weighted by atomic mass is 32.2. The van der Waals surface area contributed by atoms with Gasteiger partial charge in [0.2, 0.25) is 21.8 Å². The average Bonchev–Trinajstić information content (AvgIpc) is 3.18. The fourth-order valence-electron chi connectivity index (χ4n) is 2.43. The molecule has 3 rings (SSSR count). The van der Waals surface area contributed by atoms with Crippen LogP contribution in [-0.2, 0) is 20.2 Å². The van der Waals surface area contributed by atoms with E-state index in [0.717, 1.165) is 4.88 Å². The summed E-state index contributed by atoms with van der Waals surface area (Å²) in [5.74, 6) is 0.813. The predicted molar refractivity (Wildman–Crippen MR) is 85.9 cm³/mol. The number of ether oxygens (including phenoxy) is 1. The van der Waals surface area contributed by atoms with Gasteiger partial charge in [-0.3, -0.25) is 0 Å². The van der Waals surface area contributed by atoms with Gasteiger partial charge in [-0.1, -0.05) is 6.07 Å². The number of morpholine rings is 1. The molecular formula is C14H19N3O4S2. The summed E-state index contributed by atoms with van der Waals surface area (Å²) in [6.07, 6.45) is 0.660. The van der Waals surface area contributed by atoms with Crippen molar-refractivity contribution in [3.8, 4) is 0 Å². The number of sulfonamides is 1. The summed E-state index contributed by atoms with van der Waals surface area (Å²) < 4.78 is 36.2. The SMILES string of the molecule is CC(C)(c1nnc(C2CN(S(C)(=O)=O)CCO2)o1)c1cccs1. The molecule has 1 atom stereocenters. The molecule has 126 valence electrons. The number of hydrogen-bond acceptors (Lipinski definition) is 7. The smallest absolute Gasteiger partial charge is 0.246 e. The zero-order valence-electron chi connectivity index (χ0n) is 13.2. The Labute approximate surface area is 139 Å². The van der Waals surface area contributed by atoms with E-state index >= 15 is 0 Å². The minimum atomic E-state index is -3.26. The van der Waals surface area contributed by atoms with Crippen LogP contribution >= 0.6 is 11.3 Å². The molecule has 0 radical (unpaired) electrons. The maximum absolute atomic E-state index is 11.7. The van der Waals surface area contributed by atoms with Crippen LogP contribution in [0.2, 0.25) is 0 Å². The van der Waals surface area contributed by atoms with Crippen molar-refractivity contribution in [2.24, 2.45) is 0 Å². The molecule has 2 aromatic rings. The highest BCUT2D eigenvalue weighted by molar-refractivity contribution is 7.88. The second-order valence-electron chi connectivity index (χ2n) is 6.03. The molecule has 0 bridgehead atoms. The van der Waals surface area contributed by atoms with Gasteiger partial charge < -0.3 is 9.15 Å². The van der Waals surface area contributed by atoms with Crippen LogP contribution in [0.4, 0.5) is 0 Å². The number of nitrogens with zero attached hydrogens (tertiary/aromatic N) is 3. The average molecular weight is 357 g/mol. The molecule has 1 unspecified atom stereocenters. The number of aromatic nitrogens is 2. The summed E-state index contributed by atoms with van der Waals surface area (Å²) in [6.45, 7) is 4.88. The fourth-order valence-corrected chi connectivity index (χ4v) is 4.09. The topological polar surface area (TPSA) is 85.5 Å². The predicted octanol–water partition coefficient (Wildman–Crippen LogP) is 1.79. The van der Waals surface area contributed by atoms with E-state index in [-0.39, 0.29) is 6.54 Å². The highest BCUT2D eigenvalue weighted by Crippen LogP contribution is 2.34. The monoisotopic (exact) mass is 357 g/mol. The van der Waals surface area contributed by atoms with Crippen LogP contribution in [0.15, 0.2) is 21.9 Å². The Morgan fingerprint density at radius 1 is 1.39 bits per heavy atom. The lowest BCUT2D eigenvalue weighted by Gasteiger charge is -2.29. The lowest BCUT2D eigenvalue weighted by atomic mass is 9.91. The Bertz CT molecular complexity index is 768. The first-order valence-electron chi connectivity index (χ1n) is 7.23. The van der Waals surface area contributed by atoms with E-state index in [4.69, 9.17) is 9.15 Å². The summed E-state index contributed by atoms with van der Waals surface area (Å²) in [5.41, 5.74) is -0.398. The van der Waals surface area contributed by atoms with E-state index in [1.54, 1.807) is 11.3 Å². The molecule has 9 heteroatoms. The third-order valence-electron chi connectivity index (χ3n) is 3.89. The van der Waals surface area contributed by atoms with Gasteiger partial charge in [0.15, 0.2) is 0 Å². The van der Waals surface area contributed by atoms with E-state index in [0.29, 0.717) is 24.9 Å². The summed E-state index contributed by atoms with van der Waals surface area (Å²) in [5, 5.41) is 10.2. The van der Waals surface area contributed by atoms with Gasteiger partial charge >= 0.3 is 0 Å². The zero-order valence-corrected chi connectivity index (χ0v) is 14.9. The van der Waals surface area contributed by atoms with Crippen molar-refractivity contribution < 1.29 is 17.6 Å². The van der Waals surface area contributed by atoms with Crippen LogP contribution in [0.1, 0.15) is 36.6 Å². The summed E-state index contributed by atoms with van der Waals surface area (Å²) in [7, 11) is -3.26. The fraction of sp³-hybridized carbons (Fsp3) is 0.571. The molecule has 0 amide bonds. The molecule has 1 fully saturated rings. The van der Waals surface area contributed by atoms with Crippen molar-refractivity contribution >= 4 is 21.4 Å². The Morgan fingerprint density at radius 2 is 2.17 bits per heavy atom. The van der Waals surface area contributed by atoms with Crippen molar-refractivity contribution in [1.82, 2.24) is 14.5 Å². The molecule has 23 heavy (non-hydrogen) atoms. The quantitative estimate of drug-likeness (QED) is 0.829. The van der Waals surface area contributed by atoms with E-state index in [1.807, 2.05) is 31.4 Å². The molecule has 3 heterocycles. The Morgan fingerprint density at radius 3 is 2.83 bits per heavy atom.